The van der Waals surface area contributed by atoms with Crippen LogP contribution >= 0.6 is 0 Å². The van der Waals surface area contributed by atoms with E-state index in [0.29, 0.717) is 6.61 Å². The summed E-state index contributed by atoms with van der Waals surface area (Å²) < 4.78 is 13.9. The Hall–Kier alpha value is -1.40. The molecule has 0 amide bonds. The van der Waals surface area contributed by atoms with Gasteiger partial charge in [0.15, 0.2) is 6.10 Å². The highest BCUT2D eigenvalue weighted by Crippen LogP contribution is 2.13. The van der Waals surface area contributed by atoms with Gasteiger partial charge in [0, 0.05) is 0 Å². The van der Waals surface area contributed by atoms with E-state index in [0.717, 1.165) is 0 Å². The second-order valence-electron chi connectivity index (χ2n) is 2.90. The van der Waals surface area contributed by atoms with Crippen molar-refractivity contribution < 1.29 is 28.9 Å². The Morgan fingerprint density at radius 2 is 2.20 bits per heavy atom. The summed E-state index contributed by atoms with van der Waals surface area (Å²) in [4.78, 5) is 22.0. The number of ether oxygens (including phenoxy) is 3. The standard InChI is InChI=1S/C9H12O6/c1-6(4-8(11)13-3-2-10)15-9(12)7-5-14-7/h7,10H,1-5H2. The van der Waals surface area contributed by atoms with Gasteiger partial charge >= 0.3 is 11.9 Å². The second-order valence-corrected chi connectivity index (χ2v) is 2.90. The lowest BCUT2D eigenvalue weighted by molar-refractivity contribution is -0.146. The Labute approximate surface area is 86.4 Å². The predicted molar refractivity (Wildman–Crippen MR) is 47.6 cm³/mol. The van der Waals surface area contributed by atoms with Crippen LogP contribution in [0.15, 0.2) is 12.3 Å². The summed E-state index contributed by atoms with van der Waals surface area (Å²) in [5.41, 5.74) is 0. The van der Waals surface area contributed by atoms with E-state index in [-0.39, 0.29) is 25.4 Å². The van der Waals surface area contributed by atoms with Gasteiger partial charge in [-0.05, 0) is 0 Å². The Morgan fingerprint density at radius 1 is 1.53 bits per heavy atom. The van der Waals surface area contributed by atoms with Crippen molar-refractivity contribution >= 4 is 11.9 Å². The topological polar surface area (TPSA) is 85.4 Å². The molecule has 1 aliphatic heterocycles. The van der Waals surface area contributed by atoms with E-state index in [4.69, 9.17) is 9.84 Å². The van der Waals surface area contributed by atoms with Crippen LogP contribution in [0.25, 0.3) is 0 Å². The molecule has 1 atom stereocenters. The first kappa shape index (κ1) is 11.7. The van der Waals surface area contributed by atoms with Crippen molar-refractivity contribution in [2.24, 2.45) is 0 Å². The summed E-state index contributed by atoms with van der Waals surface area (Å²) >= 11 is 0. The Balaban J connectivity index is 2.16. The van der Waals surface area contributed by atoms with Gasteiger partial charge in [-0.25, -0.2) is 4.79 Å². The summed E-state index contributed by atoms with van der Waals surface area (Å²) in [6.45, 7) is 3.42. The number of hydrogen-bond donors (Lipinski definition) is 1. The molecule has 6 heteroatoms. The van der Waals surface area contributed by atoms with Gasteiger partial charge in [0.2, 0.25) is 0 Å². The molecular formula is C9H12O6. The first-order valence-electron chi connectivity index (χ1n) is 4.41. The second kappa shape index (κ2) is 5.47. The molecule has 0 bridgehead atoms. The molecule has 0 aromatic rings. The van der Waals surface area contributed by atoms with Crippen LogP contribution < -0.4 is 0 Å². The summed E-state index contributed by atoms with van der Waals surface area (Å²) in [5, 5.41) is 8.37. The van der Waals surface area contributed by atoms with E-state index in [1.54, 1.807) is 0 Å². The van der Waals surface area contributed by atoms with Crippen molar-refractivity contribution in [2.75, 3.05) is 19.8 Å². The number of aliphatic hydroxyl groups excluding tert-OH is 1. The van der Waals surface area contributed by atoms with Gasteiger partial charge in [-0.2, -0.15) is 0 Å². The zero-order valence-electron chi connectivity index (χ0n) is 8.10. The van der Waals surface area contributed by atoms with Crippen LogP contribution in [0.3, 0.4) is 0 Å². The highest BCUT2D eigenvalue weighted by Gasteiger charge is 2.33. The highest BCUT2D eigenvalue weighted by molar-refractivity contribution is 5.79. The normalized spacial score (nSPS) is 18.1. The molecule has 84 valence electrons. The van der Waals surface area contributed by atoms with Crippen LogP contribution in [0.4, 0.5) is 0 Å². The largest absolute Gasteiger partial charge is 0.463 e. The lowest BCUT2D eigenvalue weighted by Crippen LogP contribution is -2.14. The third-order valence-electron chi connectivity index (χ3n) is 1.54. The maximum atomic E-state index is 11.0. The molecule has 1 fully saturated rings. The number of carbonyl (C=O) groups excluding carboxylic acids is 2. The summed E-state index contributed by atoms with van der Waals surface area (Å²) in [6, 6.07) is 0. The average Bonchev–Trinajstić information content (AvgIpc) is 2.97. The van der Waals surface area contributed by atoms with Crippen molar-refractivity contribution in [3.05, 3.63) is 12.3 Å². The number of esters is 2. The third kappa shape index (κ3) is 4.57. The average molecular weight is 216 g/mol. The molecule has 1 unspecified atom stereocenters. The lowest BCUT2D eigenvalue weighted by Gasteiger charge is -2.05. The monoisotopic (exact) mass is 216 g/mol. The van der Waals surface area contributed by atoms with E-state index in [2.05, 4.69) is 16.1 Å². The minimum Gasteiger partial charge on any atom is -0.463 e. The number of rotatable bonds is 6. The minimum atomic E-state index is -0.599. The molecule has 1 aliphatic rings. The number of epoxide rings is 1. The molecule has 1 saturated heterocycles. The predicted octanol–water partition coefficient (Wildman–Crippen LogP) is -0.632. The highest BCUT2D eigenvalue weighted by atomic mass is 16.6. The van der Waals surface area contributed by atoms with Crippen molar-refractivity contribution in [1.29, 1.82) is 0 Å². The SMILES string of the molecule is C=C(CC(=O)OCCO)OC(=O)C1CO1. The smallest absolute Gasteiger partial charge is 0.342 e. The first-order chi connectivity index (χ1) is 7.13. The van der Waals surface area contributed by atoms with Crippen molar-refractivity contribution in [3.63, 3.8) is 0 Å². The van der Waals surface area contributed by atoms with Gasteiger partial charge in [-0.3, -0.25) is 4.79 Å². The van der Waals surface area contributed by atoms with E-state index < -0.39 is 18.0 Å². The van der Waals surface area contributed by atoms with Crippen molar-refractivity contribution in [1.82, 2.24) is 0 Å². The minimum absolute atomic E-state index is 0.0124. The fourth-order valence-corrected chi connectivity index (χ4v) is 0.800. The van der Waals surface area contributed by atoms with Crippen LogP contribution in [-0.4, -0.2) is 43.0 Å². The van der Waals surface area contributed by atoms with Gasteiger partial charge in [-0.15, -0.1) is 0 Å². The van der Waals surface area contributed by atoms with E-state index in [1.807, 2.05) is 0 Å². The fraction of sp³-hybridized carbons (Fsp3) is 0.556. The van der Waals surface area contributed by atoms with Crippen LogP contribution in [0, 0.1) is 0 Å². The number of carbonyl (C=O) groups is 2. The van der Waals surface area contributed by atoms with Gasteiger partial charge in [0.05, 0.1) is 13.2 Å². The zero-order chi connectivity index (χ0) is 11.3. The molecule has 15 heavy (non-hydrogen) atoms. The van der Waals surface area contributed by atoms with Gasteiger partial charge in [-0.1, -0.05) is 6.58 Å². The van der Waals surface area contributed by atoms with Crippen LogP contribution in [0.1, 0.15) is 6.42 Å². The molecule has 1 rings (SSSR count). The maximum absolute atomic E-state index is 11.0. The summed E-state index contributed by atoms with van der Waals surface area (Å²) in [7, 11) is 0. The molecule has 0 aromatic carbocycles. The molecule has 1 heterocycles. The van der Waals surface area contributed by atoms with Crippen molar-refractivity contribution in [3.8, 4) is 0 Å². The van der Waals surface area contributed by atoms with Crippen LogP contribution in [0.5, 0.6) is 0 Å². The van der Waals surface area contributed by atoms with Crippen molar-refractivity contribution in [2.45, 2.75) is 12.5 Å². The zero-order valence-corrected chi connectivity index (χ0v) is 8.10. The Kier molecular flexibility index (Phi) is 4.26. The van der Waals surface area contributed by atoms with E-state index in [9.17, 15) is 9.59 Å². The number of hydrogen-bond acceptors (Lipinski definition) is 6. The quantitative estimate of drug-likeness (QED) is 0.361. The molecule has 1 N–H and O–H groups in total. The molecule has 0 saturated carbocycles. The molecular weight excluding hydrogens is 204 g/mol. The van der Waals surface area contributed by atoms with Gasteiger partial charge < -0.3 is 19.3 Å². The molecule has 0 aromatic heterocycles. The lowest BCUT2D eigenvalue weighted by atomic mass is 10.4. The molecule has 0 spiro atoms. The van der Waals surface area contributed by atoms with Crippen LogP contribution in [-0.2, 0) is 23.8 Å². The van der Waals surface area contributed by atoms with Gasteiger partial charge in [0.25, 0.3) is 0 Å². The van der Waals surface area contributed by atoms with E-state index >= 15 is 0 Å². The first-order valence-corrected chi connectivity index (χ1v) is 4.41. The number of aliphatic hydroxyl groups is 1. The Morgan fingerprint density at radius 3 is 2.73 bits per heavy atom. The molecule has 0 aliphatic carbocycles. The summed E-state index contributed by atoms with van der Waals surface area (Å²) in [6.07, 6.45) is -0.728. The van der Waals surface area contributed by atoms with Gasteiger partial charge in [0.1, 0.15) is 18.8 Å². The Bertz CT molecular complexity index is 268. The van der Waals surface area contributed by atoms with E-state index in [1.165, 1.54) is 0 Å². The molecule has 6 nitrogen and oxygen atoms in total. The third-order valence-corrected chi connectivity index (χ3v) is 1.54. The summed E-state index contributed by atoms with van der Waals surface area (Å²) in [5.74, 6) is -1.13. The fourth-order valence-electron chi connectivity index (χ4n) is 0.800. The maximum Gasteiger partial charge on any atom is 0.342 e. The van der Waals surface area contributed by atoms with Crippen LogP contribution in [0.2, 0.25) is 0 Å². The molecule has 0 radical (unpaired) electrons.